The highest BCUT2D eigenvalue weighted by molar-refractivity contribution is 5.99. The molecule has 0 spiro atoms. The fourth-order valence-electron chi connectivity index (χ4n) is 4.05. The lowest BCUT2D eigenvalue weighted by Gasteiger charge is -2.14. The molecule has 2 amide bonds. The van der Waals surface area contributed by atoms with Gasteiger partial charge in [-0.3, -0.25) is 20.4 Å². The number of nitrogens with zero attached hydrogens (tertiary/aromatic N) is 4. The van der Waals surface area contributed by atoms with E-state index in [2.05, 4.69) is 21.0 Å². The number of aromatic nitrogens is 4. The molecule has 4 aromatic rings. The molecule has 0 radical (unpaired) electrons. The van der Waals surface area contributed by atoms with E-state index >= 15 is 0 Å². The highest BCUT2D eigenvalue weighted by Crippen LogP contribution is 2.27. The molecule has 0 unspecified atom stereocenters. The number of nitrogens with one attached hydrogen (secondary N) is 2. The van der Waals surface area contributed by atoms with Crippen molar-refractivity contribution in [1.29, 1.82) is 0 Å². The third-order valence-corrected chi connectivity index (χ3v) is 5.69. The number of aromatic hydroxyl groups is 1. The molecule has 1 aliphatic rings. The van der Waals surface area contributed by atoms with E-state index in [1.54, 1.807) is 41.1 Å². The average Bonchev–Trinajstić information content (AvgIpc) is 3.45. The lowest BCUT2D eigenvalue weighted by atomic mass is 9.95. The van der Waals surface area contributed by atoms with Crippen LogP contribution in [-0.2, 0) is 12.8 Å². The monoisotopic (exact) mass is 460 g/mol. The smallest absolute Gasteiger partial charge is 0.294 e. The molecule has 3 N–H and O–H groups in total. The maximum atomic E-state index is 13.4. The first-order valence-electron chi connectivity index (χ1n) is 10.8. The van der Waals surface area contributed by atoms with Crippen LogP contribution in [-0.4, -0.2) is 36.5 Å². The van der Waals surface area contributed by atoms with E-state index in [4.69, 9.17) is 0 Å². The van der Waals surface area contributed by atoms with Gasteiger partial charge in [-0.15, -0.1) is 0 Å². The number of hydrazine groups is 1. The standard InChI is InChI=1S/C24H21FN6O3/c25-15-10-12-17(13-11-15)31-19-9-5-4-8-18(19)21(29-31)23(33)26-27-24(34)22-20(32)14-30(28-22)16-6-2-1-3-7-16/h1-3,6-7,10-14,32H,4-5,8-9H2,(H,26,33)(H,27,34). The highest BCUT2D eigenvalue weighted by atomic mass is 19.1. The number of hydrogen-bond acceptors (Lipinski definition) is 5. The molecule has 2 aromatic carbocycles. The molecule has 0 aliphatic heterocycles. The van der Waals surface area contributed by atoms with Crippen LogP contribution in [0.2, 0.25) is 0 Å². The molecule has 1 aliphatic carbocycles. The first kappa shape index (κ1) is 21.4. The second kappa shape index (κ2) is 8.81. The van der Waals surface area contributed by atoms with Crippen LogP contribution in [0.1, 0.15) is 45.1 Å². The van der Waals surface area contributed by atoms with E-state index in [9.17, 15) is 19.1 Å². The molecule has 0 atom stereocenters. The molecule has 34 heavy (non-hydrogen) atoms. The minimum absolute atomic E-state index is 0.193. The fraction of sp³-hybridized carbons (Fsp3) is 0.167. The number of carbonyl (C=O) groups excluding carboxylic acids is 2. The molecule has 2 heterocycles. The van der Waals surface area contributed by atoms with Gasteiger partial charge in [-0.2, -0.15) is 10.2 Å². The van der Waals surface area contributed by atoms with E-state index in [1.807, 2.05) is 6.07 Å². The molecule has 5 rings (SSSR count). The molecule has 0 bridgehead atoms. The van der Waals surface area contributed by atoms with Crippen molar-refractivity contribution in [3.63, 3.8) is 0 Å². The highest BCUT2D eigenvalue weighted by Gasteiger charge is 2.26. The van der Waals surface area contributed by atoms with Gasteiger partial charge in [0.05, 0.1) is 17.6 Å². The van der Waals surface area contributed by atoms with E-state index in [1.165, 1.54) is 23.0 Å². The number of para-hydroxylation sites is 1. The molecule has 2 aromatic heterocycles. The van der Waals surface area contributed by atoms with Gasteiger partial charge in [-0.25, -0.2) is 13.8 Å². The summed E-state index contributed by atoms with van der Waals surface area (Å²) in [6.07, 6.45) is 4.60. The van der Waals surface area contributed by atoms with E-state index in [0.29, 0.717) is 17.8 Å². The quantitative estimate of drug-likeness (QED) is 0.405. The molecule has 0 saturated carbocycles. The predicted octanol–water partition coefficient (Wildman–Crippen LogP) is 2.86. The fourth-order valence-corrected chi connectivity index (χ4v) is 4.05. The van der Waals surface area contributed by atoms with Crippen LogP contribution in [0, 0.1) is 5.82 Å². The summed E-state index contributed by atoms with van der Waals surface area (Å²) in [5.41, 5.74) is 7.63. The lowest BCUT2D eigenvalue weighted by molar-refractivity contribution is 0.0838. The van der Waals surface area contributed by atoms with Crippen molar-refractivity contribution < 1.29 is 19.1 Å². The second-order valence-electron chi connectivity index (χ2n) is 7.92. The Balaban J connectivity index is 1.35. The molecule has 10 heteroatoms. The normalized spacial score (nSPS) is 12.7. The van der Waals surface area contributed by atoms with Crippen LogP contribution in [0.15, 0.2) is 60.8 Å². The van der Waals surface area contributed by atoms with Crippen LogP contribution >= 0.6 is 0 Å². The Bertz CT molecular complexity index is 1360. The zero-order chi connectivity index (χ0) is 23.7. The van der Waals surface area contributed by atoms with Crippen molar-refractivity contribution in [2.75, 3.05) is 0 Å². The first-order chi connectivity index (χ1) is 16.5. The van der Waals surface area contributed by atoms with Gasteiger partial charge in [-0.1, -0.05) is 18.2 Å². The Hall–Kier alpha value is -4.47. The summed E-state index contributed by atoms with van der Waals surface area (Å²) in [4.78, 5) is 25.5. The Labute approximate surface area is 193 Å². The van der Waals surface area contributed by atoms with Crippen molar-refractivity contribution in [2.24, 2.45) is 0 Å². The van der Waals surface area contributed by atoms with Crippen molar-refractivity contribution in [1.82, 2.24) is 30.4 Å². The topological polar surface area (TPSA) is 114 Å². The van der Waals surface area contributed by atoms with Gasteiger partial charge in [0.1, 0.15) is 5.82 Å². The number of hydrogen-bond donors (Lipinski definition) is 3. The van der Waals surface area contributed by atoms with Crippen LogP contribution in [0.25, 0.3) is 11.4 Å². The van der Waals surface area contributed by atoms with Crippen LogP contribution in [0.5, 0.6) is 5.75 Å². The average molecular weight is 460 g/mol. The Morgan fingerprint density at radius 1 is 0.853 bits per heavy atom. The predicted molar refractivity (Wildman–Crippen MR) is 120 cm³/mol. The lowest BCUT2D eigenvalue weighted by Crippen LogP contribution is -2.42. The third kappa shape index (κ3) is 4.01. The van der Waals surface area contributed by atoms with Gasteiger partial charge in [0.15, 0.2) is 17.1 Å². The molecule has 9 nitrogen and oxygen atoms in total. The maximum absolute atomic E-state index is 13.4. The summed E-state index contributed by atoms with van der Waals surface area (Å²) in [5.74, 6) is -2.04. The van der Waals surface area contributed by atoms with Gasteiger partial charge in [-0.05, 0) is 62.1 Å². The van der Waals surface area contributed by atoms with Crippen molar-refractivity contribution >= 4 is 11.8 Å². The molecular formula is C24H21FN6O3. The maximum Gasteiger partial charge on any atom is 0.294 e. The third-order valence-electron chi connectivity index (χ3n) is 5.69. The van der Waals surface area contributed by atoms with Gasteiger partial charge in [0.2, 0.25) is 0 Å². The molecule has 172 valence electrons. The minimum Gasteiger partial charge on any atom is -0.504 e. The molecular weight excluding hydrogens is 439 g/mol. The summed E-state index contributed by atoms with van der Waals surface area (Å²) in [6, 6.07) is 14.9. The largest absolute Gasteiger partial charge is 0.504 e. The summed E-state index contributed by atoms with van der Waals surface area (Å²) in [6.45, 7) is 0. The molecule has 0 saturated heterocycles. The minimum atomic E-state index is -0.771. The number of halogens is 1. The van der Waals surface area contributed by atoms with Gasteiger partial charge < -0.3 is 5.11 Å². The van der Waals surface area contributed by atoms with Crippen LogP contribution in [0.3, 0.4) is 0 Å². The van der Waals surface area contributed by atoms with E-state index < -0.39 is 11.8 Å². The Morgan fingerprint density at radius 2 is 1.53 bits per heavy atom. The number of rotatable bonds is 4. The number of carbonyl (C=O) groups is 2. The van der Waals surface area contributed by atoms with Crippen LogP contribution in [0.4, 0.5) is 4.39 Å². The van der Waals surface area contributed by atoms with E-state index in [-0.39, 0.29) is 23.0 Å². The second-order valence-corrected chi connectivity index (χ2v) is 7.92. The summed E-state index contributed by atoms with van der Waals surface area (Å²) >= 11 is 0. The van der Waals surface area contributed by atoms with Crippen molar-refractivity contribution in [3.8, 4) is 17.1 Å². The number of fused-ring (bicyclic) bond motifs is 1. The summed E-state index contributed by atoms with van der Waals surface area (Å²) in [7, 11) is 0. The van der Waals surface area contributed by atoms with Gasteiger partial charge in [0, 0.05) is 11.3 Å². The SMILES string of the molecule is O=C(NNC(=O)c1nn(-c2ccc(F)cc2)c2c1CCCC2)c1nn(-c2ccccc2)cc1O. The first-order valence-corrected chi connectivity index (χ1v) is 10.8. The van der Waals surface area contributed by atoms with E-state index in [0.717, 1.165) is 30.5 Å². The van der Waals surface area contributed by atoms with Crippen LogP contribution < -0.4 is 10.9 Å². The zero-order valence-corrected chi connectivity index (χ0v) is 18.0. The number of benzene rings is 2. The zero-order valence-electron chi connectivity index (χ0n) is 18.0. The Kier molecular flexibility index (Phi) is 5.54. The summed E-state index contributed by atoms with van der Waals surface area (Å²) in [5, 5.41) is 18.7. The number of amides is 2. The van der Waals surface area contributed by atoms with Gasteiger partial charge >= 0.3 is 0 Å². The van der Waals surface area contributed by atoms with Gasteiger partial charge in [0.25, 0.3) is 11.8 Å². The Morgan fingerprint density at radius 3 is 2.26 bits per heavy atom. The van der Waals surface area contributed by atoms with Crippen molar-refractivity contribution in [3.05, 3.63) is 89.3 Å². The molecule has 0 fully saturated rings. The van der Waals surface area contributed by atoms with Crippen molar-refractivity contribution in [2.45, 2.75) is 25.7 Å². The summed E-state index contributed by atoms with van der Waals surface area (Å²) < 4.78 is 16.4.